The molecule has 0 saturated carbocycles. The van der Waals surface area contributed by atoms with Crippen molar-refractivity contribution in [1.29, 1.82) is 0 Å². The van der Waals surface area contributed by atoms with Crippen molar-refractivity contribution in [3.8, 4) is 11.5 Å². The summed E-state index contributed by atoms with van der Waals surface area (Å²) in [5, 5.41) is 2.84. The zero-order valence-electron chi connectivity index (χ0n) is 17.5. The second kappa shape index (κ2) is 8.67. The number of fused-ring (bicyclic) bond motifs is 1. The van der Waals surface area contributed by atoms with Gasteiger partial charge in [0.1, 0.15) is 23.6 Å². The van der Waals surface area contributed by atoms with Crippen LogP contribution in [0.5, 0.6) is 11.5 Å². The van der Waals surface area contributed by atoms with E-state index in [0.717, 1.165) is 11.3 Å². The van der Waals surface area contributed by atoms with Gasteiger partial charge in [-0.2, -0.15) is 0 Å². The highest BCUT2D eigenvalue weighted by Gasteiger charge is 2.44. The molecule has 0 aromatic heterocycles. The van der Waals surface area contributed by atoms with E-state index in [9.17, 15) is 14.4 Å². The summed E-state index contributed by atoms with van der Waals surface area (Å²) in [7, 11) is 3.16. The molecule has 0 spiro atoms. The molecule has 2 fully saturated rings. The third kappa shape index (κ3) is 4.19. The molecular weight excluding hydrogens is 398 g/mol. The van der Waals surface area contributed by atoms with Gasteiger partial charge >= 0.3 is 0 Å². The average Bonchev–Trinajstić information content (AvgIpc) is 2.82. The average molecular weight is 423 g/mol. The third-order valence-corrected chi connectivity index (χ3v) is 5.80. The van der Waals surface area contributed by atoms with Gasteiger partial charge in [-0.05, 0) is 42.0 Å². The molecule has 2 aliphatic heterocycles. The highest BCUT2D eigenvalue weighted by Crippen LogP contribution is 2.21. The van der Waals surface area contributed by atoms with Gasteiger partial charge in [0.05, 0.1) is 20.8 Å². The highest BCUT2D eigenvalue weighted by atomic mass is 16.5. The van der Waals surface area contributed by atoms with Crippen molar-refractivity contribution in [1.82, 2.24) is 15.1 Å². The lowest BCUT2D eigenvalue weighted by Crippen LogP contribution is -2.70. The predicted octanol–water partition coefficient (Wildman–Crippen LogP) is 1.10. The number of hydrogen-bond donors (Lipinski definition) is 1. The van der Waals surface area contributed by atoms with Gasteiger partial charge in [0.25, 0.3) is 5.91 Å². The van der Waals surface area contributed by atoms with Crippen LogP contribution in [-0.4, -0.2) is 73.5 Å². The molecule has 0 radical (unpaired) electrons. The number of nitrogens with one attached hydrogen (secondary N) is 1. The summed E-state index contributed by atoms with van der Waals surface area (Å²) in [6.45, 7) is 0.894. The van der Waals surface area contributed by atoms with E-state index < -0.39 is 12.1 Å². The molecule has 2 heterocycles. The molecule has 1 N–H and O–H groups in total. The van der Waals surface area contributed by atoms with Crippen molar-refractivity contribution >= 4 is 17.7 Å². The quantitative estimate of drug-likeness (QED) is 0.778. The molecule has 2 aromatic carbocycles. The lowest BCUT2D eigenvalue weighted by molar-refractivity contribution is -0.152. The molecule has 3 amide bonds. The van der Waals surface area contributed by atoms with Gasteiger partial charge in [-0.15, -0.1) is 0 Å². The van der Waals surface area contributed by atoms with E-state index in [4.69, 9.17) is 9.47 Å². The monoisotopic (exact) mass is 423 g/mol. The minimum atomic E-state index is -0.671. The fourth-order valence-electron chi connectivity index (χ4n) is 4.04. The van der Waals surface area contributed by atoms with E-state index >= 15 is 0 Å². The van der Waals surface area contributed by atoms with Crippen molar-refractivity contribution in [2.24, 2.45) is 0 Å². The first-order valence-corrected chi connectivity index (χ1v) is 10.2. The van der Waals surface area contributed by atoms with Crippen molar-refractivity contribution in [2.45, 2.75) is 18.5 Å². The SMILES string of the molecule is COc1ccc(C[C@@H]2NC(=O)[C@H]3CN(C(=O)c4ccc(OC)cc4)CCN3C2=O)cc1. The maximum atomic E-state index is 13.0. The zero-order valence-corrected chi connectivity index (χ0v) is 17.5. The summed E-state index contributed by atoms with van der Waals surface area (Å²) in [6, 6.07) is 13.0. The number of benzene rings is 2. The number of rotatable bonds is 5. The number of piperazine rings is 2. The minimum absolute atomic E-state index is 0.114. The van der Waals surface area contributed by atoms with Gasteiger partial charge in [-0.25, -0.2) is 0 Å². The van der Waals surface area contributed by atoms with E-state index in [1.165, 1.54) is 0 Å². The summed E-state index contributed by atoms with van der Waals surface area (Å²) in [4.78, 5) is 41.9. The molecule has 0 unspecified atom stereocenters. The Hall–Kier alpha value is -3.55. The summed E-state index contributed by atoms with van der Waals surface area (Å²) in [5.41, 5.74) is 1.46. The van der Waals surface area contributed by atoms with Gasteiger partial charge in [-0.3, -0.25) is 14.4 Å². The Morgan fingerprint density at radius 3 is 2.19 bits per heavy atom. The number of carbonyl (C=O) groups is 3. The molecule has 162 valence electrons. The van der Waals surface area contributed by atoms with Crippen LogP contribution in [0.25, 0.3) is 0 Å². The Balaban J connectivity index is 1.42. The van der Waals surface area contributed by atoms with Gasteiger partial charge in [-0.1, -0.05) is 12.1 Å². The number of ether oxygens (including phenoxy) is 2. The standard InChI is InChI=1S/C23H25N3O5/c1-30-17-7-3-15(4-8-17)13-19-23(29)26-12-11-25(14-20(26)21(27)24-19)22(28)16-5-9-18(31-2)10-6-16/h3-10,19-20H,11-14H2,1-2H3,(H,24,27)/t19-,20+/m0/s1. The molecule has 2 aromatic rings. The summed E-state index contributed by atoms with van der Waals surface area (Å²) in [6.07, 6.45) is 0.409. The smallest absolute Gasteiger partial charge is 0.254 e. The lowest BCUT2D eigenvalue weighted by Gasteiger charge is -2.45. The van der Waals surface area contributed by atoms with E-state index in [2.05, 4.69) is 5.32 Å². The molecule has 2 aliphatic rings. The van der Waals surface area contributed by atoms with Crippen LogP contribution in [0.15, 0.2) is 48.5 Å². The number of methoxy groups -OCH3 is 2. The molecule has 2 atom stereocenters. The van der Waals surface area contributed by atoms with Crippen molar-refractivity contribution < 1.29 is 23.9 Å². The van der Waals surface area contributed by atoms with Crippen molar-refractivity contribution in [2.75, 3.05) is 33.9 Å². The van der Waals surface area contributed by atoms with Gasteiger partial charge < -0.3 is 24.6 Å². The zero-order chi connectivity index (χ0) is 22.0. The lowest BCUT2D eigenvalue weighted by atomic mass is 9.98. The van der Waals surface area contributed by atoms with Crippen molar-refractivity contribution in [3.63, 3.8) is 0 Å². The van der Waals surface area contributed by atoms with Gasteiger partial charge in [0.2, 0.25) is 11.8 Å². The Kier molecular flexibility index (Phi) is 5.79. The predicted molar refractivity (Wildman–Crippen MR) is 113 cm³/mol. The first-order valence-electron chi connectivity index (χ1n) is 10.2. The Bertz CT molecular complexity index is 974. The second-order valence-corrected chi connectivity index (χ2v) is 7.64. The summed E-state index contributed by atoms with van der Waals surface area (Å²) in [5.74, 6) is 0.896. The molecule has 4 rings (SSSR count). The normalized spacial score (nSPS) is 20.7. The second-order valence-electron chi connectivity index (χ2n) is 7.64. The van der Waals surface area contributed by atoms with Crippen molar-refractivity contribution in [3.05, 3.63) is 59.7 Å². The molecule has 0 aliphatic carbocycles. The van der Waals surface area contributed by atoms with E-state index in [0.29, 0.717) is 30.8 Å². The van der Waals surface area contributed by atoms with E-state index in [1.54, 1.807) is 48.3 Å². The number of nitrogens with zero attached hydrogens (tertiary/aromatic N) is 2. The summed E-state index contributed by atoms with van der Waals surface area (Å²) < 4.78 is 10.3. The first-order chi connectivity index (χ1) is 15.0. The number of carbonyl (C=O) groups excluding carboxylic acids is 3. The van der Waals surface area contributed by atoms with Gasteiger partial charge in [0, 0.05) is 25.1 Å². The maximum Gasteiger partial charge on any atom is 0.254 e. The van der Waals surface area contributed by atoms with Gasteiger partial charge in [0.15, 0.2) is 0 Å². The molecule has 31 heavy (non-hydrogen) atoms. The fraction of sp³-hybridized carbons (Fsp3) is 0.348. The van der Waals surface area contributed by atoms with E-state index in [-0.39, 0.29) is 24.3 Å². The Morgan fingerprint density at radius 1 is 0.968 bits per heavy atom. The highest BCUT2D eigenvalue weighted by molar-refractivity contribution is 5.99. The van der Waals surface area contributed by atoms with Crippen LogP contribution >= 0.6 is 0 Å². The number of hydrogen-bond acceptors (Lipinski definition) is 5. The molecule has 8 heteroatoms. The molecular formula is C23H25N3O5. The van der Waals surface area contributed by atoms with Crippen LogP contribution in [-0.2, 0) is 16.0 Å². The molecule has 2 saturated heterocycles. The Labute approximate surface area is 180 Å². The van der Waals surface area contributed by atoms with Crippen LogP contribution < -0.4 is 14.8 Å². The third-order valence-electron chi connectivity index (χ3n) is 5.80. The van der Waals surface area contributed by atoms with Crippen LogP contribution in [0, 0.1) is 0 Å². The molecule has 8 nitrogen and oxygen atoms in total. The minimum Gasteiger partial charge on any atom is -0.497 e. The summed E-state index contributed by atoms with van der Waals surface area (Å²) >= 11 is 0. The van der Waals surface area contributed by atoms with Crippen LogP contribution in [0.3, 0.4) is 0 Å². The first kappa shape index (κ1) is 20.7. The van der Waals surface area contributed by atoms with E-state index in [1.807, 2.05) is 24.3 Å². The maximum absolute atomic E-state index is 13.0. The van der Waals surface area contributed by atoms with Crippen LogP contribution in [0.2, 0.25) is 0 Å². The largest absolute Gasteiger partial charge is 0.497 e. The van der Waals surface area contributed by atoms with Crippen LogP contribution in [0.1, 0.15) is 15.9 Å². The fourth-order valence-corrected chi connectivity index (χ4v) is 4.04. The number of amides is 3. The van der Waals surface area contributed by atoms with Crippen LogP contribution in [0.4, 0.5) is 0 Å². The topological polar surface area (TPSA) is 88.2 Å². The molecule has 0 bridgehead atoms. The Morgan fingerprint density at radius 2 is 1.58 bits per heavy atom.